The first-order valence-electron chi connectivity index (χ1n) is 6.09. The number of alkyl halides is 1. The molecule has 7 heteroatoms. The number of esters is 1. The van der Waals surface area contributed by atoms with E-state index < -0.39 is 11.2 Å². The van der Waals surface area contributed by atoms with Crippen molar-refractivity contribution in [1.29, 1.82) is 0 Å². The van der Waals surface area contributed by atoms with Crippen molar-refractivity contribution in [2.75, 3.05) is 6.61 Å². The number of imidazole rings is 1. The van der Waals surface area contributed by atoms with Gasteiger partial charge in [-0.25, -0.2) is 9.37 Å². The van der Waals surface area contributed by atoms with Crippen molar-refractivity contribution in [3.05, 3.63) is 28.2 Å². The van der Waals surface area contributed by atoms with Gasteiger partial charge in [-0.05, 0) is 35.8 Å². The average Bonchev–Trinajstić information content (AvgIpc) is 2.69. The zero-order chi connectivity index (χ0) is 14.9. The van der Waals surface area contributed by atoms with Crippen molar-refractivity contribution in [3.8, 4) is 0 Å². The monoisotopic (exact) mass is 362 g/mol. The number of nitrogens with zero attached hydrogens (tertiary/aromatic N) is 2. The molecule has 1 atom stereocenters. The van der Waals surface area contributed by atoms with Crippen LogP contribution in [0, 0.1) is 5.82 Å². The number of carbonyl (C=O) groups is 1. The van der Waals surface area contributed by atoms with Gasteiger partial charge in [-0.1, -0.05) is 0 Å². The van der Waals surface area contributed by atoms with Gasteiger partial charge in [0.1, 0.15) is 18.2 Å². The van der Waals surface area contributed by atoms with Crippen LogP contribution in [0.1, 0.15) is 25.0 Å². The fourth-order valence-corrected chi connectivity index (χ4v) is 2.44. The molecule has 4 nitrogen and oxygen atoms in total. The van der Waals surface area contributed by atoms with E-state index in [1.54, 1.807) is 24.5 Å². The molecule has 1 heterocycles. The lowest BCUT2D eigenvalue weighted by molar-refractivity contribution is -0.143. The summed E-state index contributed by atoms with van der Waals surface area (Å²) in [5.74, 6) is -0.287. The summed E-state index contributed by atoms with van der Waals surface area (Å²) < 4.78 is 20.4. The van der Waals surface area contributed by atoms with E-state index in [-0.39, 0.29) is 12.5 Å². The van der Waals surface area contributed by atoms with Crippen LogP contribution in [-0.2, 0) is 16.1 Å². The van der Waals surface area contributed by atoms with Gasteiger partial charge in [0.25, 0.3) is 0 Å². The highest BCUT2D eigenvalue weighted by molar-refractivity contribution is 9.10. The predicted molar refractivity (Wildman–Crippen MR) is 78.3 cm³/mol. The Balaban J connectivity index is 2.56. The molecule has 20 heavy (non-hydrogen) atoms. The van der Waals surface area contributed by atoms with E-state index in [0.29, 0.717) is 27.9 Å². The minimum Gasteiger partial charge on any atom is -0.465 e. The second-order valence-corrected chi connectivity index (χ2v) is 5.74. The highest BCUT2D eigenvalue weighted by Gasteiger charge is 2.19. The van der Waals surface area contributed by atoms with Crippen LogP contribution in [0.15, 0.2) is 16.6 Å². The third-order valence-electron chi connectivity index (χ3n) is 2.77. The number of ether oxygens (including phenoxy) is 1. The second kappa shape index (κ2) is 6.10. The Hall–Kier alpha value is -1.14. The summed E-state index contributed by atoms with van der Waals surface area (Å²) in [6.07, 6.45) is 0. The highest BCUT2D eigenvalue weighted by atomic mass is 79.9. The largest absolute Gasteiger partial charge is 0.465 e. The molecular formula is C13H13BrClFN2O2. The Morgan fingerprint density at radius 2 is 2.30 bits per heavy atom. The van der Waals surface area contributed by atoms with Crippen LogP contribution in [0.3, 0.4) is 0 Å². The van der Waals surface area contributed by atoms with Crippen LogP contribution in [-0.4, -0.2) is 22.1 Å². The molecule has 0 radical (unpaired) electrons. The van der Waals surface area contributed by atoms with Gasteiger partial charge in [0.15, 0.2) is 0 Å². The first kappa shape index (κ1) is 15.3. The number of aromatic nitrogens is 2. The Bertz CT molecular complexity index is 657. The van der Waals surface area contributed by atoms with Crippen LogP contribution in [0.5, 0.6) is 0 Å². The van der Waals surface area contributed by atoms with Gasteiger partial charge in [-0.3, -0.25) is 4.79 Å². The third kappa shape index (κ3) is 2.96. The van der Waals surface area contributed by atoms with Gasteiger partial charge in [-0.2, -0.15) is 0 Å². The van der Waals surface area contributed by atoms with Crippen molar-refractivity contribution >= 4 is 44.5 Å². The minimum absolute atomic E-state index is 0.00515. The molecule has 0 N–H and O–H groups in total. The summed E-state index contributed by atoms with van der Waals surface area (Å²) in [6, 6.07) is 2.89. The van der Waals surface area contributed by atoms with E-state index >= 15 is 0 Å². The molecule has 2 aromatic rings. The maximum Gasteiger partial charge on any atom is 0.326 e. The fraction of sp³-hybridized carbons (Fsp3) is 0.385. The second-order valence-electron chi connectivity index (χ2n) is 4.23. The first-order valence-corrected chi connectivity index (χ1v) is 7.31. The molecule has 108 valence electrons. The van der Waals surface area contributed by atoms with Gasteiger partial charge < -0.3 is 9.30 Å². The Kier molecular flexibility index (Phi) is 4.65. The van der Waals surface area contributed by atoms with Crippen LogP contribution in [0.4, 0.5) is 4.39 Å². The number of halogens is 3. The molecular weight excluding hydrogens is 351 g/mol. The zero-order valence-corrected chi connectivity index (χ0v) is 13.3. The predicted octanol–water partition coefficient (Wildman–Crippen LogP) is 3.80. The Morgan fingerprint density at radius 1 is 1.60 bits per heavy atom. The number of hydrogen-bond donors (Lipinski definition) is 0. The SMILES string of the molecule is CCOC(=O)Cn1c(C(C)Cl)nc2cc(F)c(Br)cc21. The minimum atomic E-state index is -0.410. The summed E-state index contributed by atoms with van der Waals surface area (Å²) in [5.41, 5.74) is 1.09. The van der Waals surface area contributed by atoms with Crippen molar-refractivity contribution in [3.63, 3.8) is 0 Å². The lowest BCUT2D eigenvalue weighted by Crippen LogP contribution is -2.15. The number of hydrogen-bond acceptors (Lipinski definition) is 3. The molecule has 1 aromatic carbocycles. The summed E-state index contributed by atoms with van der Waals surface area (Å²) in [4.78, 5) is 16.0. The molecule has 0 aliphatic rings. The fourth-order valence-electron chi connectivity index (χ4n) is 1.94. The number of fused-ring (bicyclic) bond motifs is 1. The molecule has 0 saturated carbocycles. The van der Waals surface area contributed by atoms with Gasteiger partial charge in [0.2, 0.25) is 0 Å². The van der Waals surface area contributed by atoms with Crippen molar-refractivity contribution < 1.29 is 13.9 Å². The molecule has 0 aliphatic heterocycles. The van der Waals surface area contributed by atoms with Crippen LogP contribution in [0.2, 0.25) is 0 Å². The standard InChI is InChI=1S/C13H13BrClFN2O2/c1-3-20-12(19)6-18-11-4-8(14)9(16)5-10(11)17-13(18)7(2)15/h4-5,7H,3,6H2,1-2H3. The van der Waals surface area contributed by atoms with Crippen molar-refractivity contribution in [2.24, 2.45) is 0 Å². The van der Waals surface area contributed by atoms with Crippen LogP contribution < -0.4 is 0 Å². The van der Waals surface area contributed by atoms with Gasteiger partial charge in [0.05, 0.1) is 27.5 Å². The molecule has 0 fully saturated rings. The lowest BCUT2D eigenvalue weighted by Gasteiger charge is -2.10. The lowest BCUT2D eigenvalue weighted by atomic mass is 10.3. The number of rotatable bonds is 4. The molecule has 0 saturated heterocycles. The van der Waals surface area contributed by atoms with Gasteiger partial charge in [0, 0.05) is 6.07 Å². The first-order chi connectivity index (χ1) is 9.43. The maximum absolute atomic E-state index is 13.6. The molecule has 0 bridgehead atoms. The average molecular weight is 364 g/mol. The van der Waals surface area contributed by atoms with E-state index in [0.717, 1.165) is 0 Å². The third-order valence-corrected chi connectivity index (χ3v) is 3.57. The molecule has 1 aromatic heterocycles. The molecule has 2 rings (SSSR count). The van der Waals surface area contributed by atoms with E-state index in [2.05, 4.69) is 20.9 Å². The maximum atomic E-state index is 13.6. The highest BCUT2D eigenvalue weighted by Crippen LogP contribution is 2.28. The summed E-state index contributed by atoms with van der Waals surface area (Å²) >= 11 is 9.21. The van der Waals surface area contributed by atoms with E-state index in [4.69, 9.17) is 16.3 Å². The Labute approximate surface area is 129 Å². The molecule has 0 spiro atoms. The van der Waals surface area contributed by atoms with Crippen LogP contribution in [0.25, 0.3) is 11.0 Å². The summed E-state index contributed by atoms with van der Waals surface area (Å²) in [5, 5.41) is -0.404. The summed E-state index contributed by atoms with van der Waals surface area (Å²) in [6.45, 7) is 3.78. The quantitative estimate of drug-likeness (QED) is 0.613. The Morgan fingerprint density at radius 3 is 2.90 bits per heavy atom. The number of carbonyl (C=O) groups excluding carboxylic acids is 1. The molecule has 0 amide bonds. The van der Waals surface area contributed by atoms with Gasteiger partial charge in [-0.15, -0.1) is 11.6 Å². The topological polar surface area (TPSA) is 44.1 Å². The van der Waals surface area contributed by atoms with E-state index in [1.807, 2.05) is 0 Å². The molecule has 1 unspecified atom stereocenters. The van der Waals surface area contributed by atoms with Crippen molar-refractivity contribution in [2.45, 2.75) is 25.8 Å². The zero-order valence-electron chi connectivity index (χ0n) is 11.0. The number of benzene rings is 1. The van der Waals surface area contributed by atoms with Gasteiger partial charge >= 0.3 is 5.97 Å². The summed E-state index contributed by atoms with van der Waals surface area (Å²) in [7, 11) is 0. The van der Waals surface area contributed by atoms with Crippen molar-refractivity contribution in [1.82, 2.24) is 9.55 Å². The van der Waals surface area contributed by atoms with E-state index in [1.165, 1.54) is 6.07 Å². The van der Waals surface area contributed by atoms with E-state index in [9.17, 15) is 9.18 Å². The smallest absolute Gasteiger partial charge is 0.326 e. The normalized spacial score (nSPS) is 12.7. The van der Waals surface area contributed by atoms with Crippen LogP contribution >= 0.6 is 27.5 Å². The molecule has 0 aliphatic carbocycles.